The third-order valence-corrected chi connectivity index (χ3v) is 2.13. The summed E-state index contributed by atoms with van der Waals surface area (Å²) in [5.74, 6) is 0.238. The predicted molar refractivity (Wildman–Crippen MR) is 55.8 cm³/mol. The van der Waals surface area contributed by atoms with Gasteiger partial charge in [-0.25, -0.2) is 10.2 Å². The van der Waals surface area contributed by atoms with Crippen LogP contribution in [0.1, 0.15) is 5.56 Å². The molecule has 5 heteroatoms. The standard InChI is InChI=1S/C10H11N3O2/c14-9-3-1-7(2-4-9)5-8-6-11-13-10(15)12-8/h1-4,6,8,14H,5H2,(H2,12,13,15). The van der Waals surface area contributed by atoms with Gasteiger partial charge in [0.1, 0.15) is 5.75 Å². The van der Waals surface area contributed by atoms with Crippen molar-refractivity contribution in [3.63, 3.8) is 0 Å². The zero-order chi connectivity index (χ0) is 10.7. The third kappa shape index (κ3) is 2.46. The van der Waals surface area contributed by atoms with Crippen molar-refractivity contribution >= 4 is 12.2 Å². The summed E-state index contributed by atoms with van der Waals surface area (Å²) < 4.78 is 0. The van der Waals surface area contributed by atoms with Gasteiger partial charge in [0.25, 0.3) is 0 Å². The molecule has 1 aromatic rings. The van der Waals surface area contributed by atoms with E-state index in [9.17, 15) is 4.79 Å². The number of hydrogen-bond acceptors (Lipinski definition) is 3. The second-order valence-corrected chi connectivity index (χ2v) is 3.34. The Hall–Kier alpha value is -2.04. The zero-order valence-electron chi connectivity index (χ0n) is 7.97. The maximum absolute atomic E-state index is 10.9. The van der Waals surface area contributed by atoms with Crippen LogP contribution in [-0.4, -0.2) is 23.4 Å². The van der Waals surface area contributed by atoms with Crippen LogP contribution in [0.25, 0.3) is 0 Å². The van der Waals surface area contributed by atoms with Crippen molar-refractivity contribution in [3.8, 4) is 5.75 Å². The minimum atomic E-state index is -0.290. The van der Waals surface area contributed by atoms with Crippen LogP contribution < -0.4 is 10.7 Å². The Morgan fingerprint density at radius 3 is 2.73 bits per heavy atom. The molecule has 1 heterocycles. The van der Waals surface area contributed by atoms with Crippen molar-refractivity contribution in [1.82, 2.24) is 10.7 Å². The molecule has 0 bridgehead atoms. The Bertz CT molecular complexity index is 386. The smallest absolute Gasteiger partial charge is 0.335 e. The van der Waals surface area contributed by atoms with Crippen LogP contribution in [0, 0.1) is 0 Å². The average molecular weight is 205 g/mol. The van der Waals surface area contributed by atoms with E-state index in [2.05, 4.69) is 15.8 Å². The molecule has 0 aromatic heterocycles. The van der Waals surface area contributed by atoms with Crippen molar-refractivity contribution in [3.05, 3.63) is 29.8 Å². The minimum absolute atomic E-state index is 0.0942. The number of nitrogens with one attached hydrogen (secondary N) is 2. The molecule has 0 spiro atoms. The topological polar surface area (TPSA) is 73.7 Å². The lowest BCUT2D eigenvalue weighted by Crippen LogP contribution is -2.46. The van der Waals surface area contributed by atoms with Crippen LogP contribution >= 0.6 is 0 Å². The first-order chi connectivity index (χ1) is 7.24. The molecule has 0 saturated carbocycles. The summed E-state index contributed by atoms with van der Waals surface area (Å²) in [5, 5.41) is 15.5. The highest BCUT2D eigenvalue weighted by Gasteiger charge is 2.13. The molecule has 1 aliphatic heterocycles. The second kappa shape index (κ2) is 4.00. The molecule has 5 nitrogen and oxygen atoms in total. The van der Waals surface area contributed by atoms with Crippen molar-refractivity contribution in [2.24, 2.45) is 5.10 Å². The molecule has 0 aliphatic carbocycles. The fourth-order valence-electron chi connectivity index (χ4n) is 1.41. The summed E-state index contributed by atoms with van der Waals surface area (Å²) >= 11 is 0. The van der Waals surface area contributed by atoms with Crippen molar-refractivity contribution in [1.29, 1.82) is 0 Å². The number of urea groups is 1. The van der Waals surface area contributed by atoms with E-state index in [4.69, 9.17) is 5.11 Å². The summed E-state index contributed by atoms with van der Waals surface area (Å²) in [7, 11) is 0. The lowest BCUT2D eigenvalue weighted by molar-refractivity contribution is 0.238. The van der Waals surface area contributed by atoms with E-state index in [-0.39, 0.29) is 17.8 Å². The monoisotopic (exact) mass is 205 g/mol. The predicted octanol–water partition coefficient (Wildman–Crippen LogP) is 0.602. The van der Waals surface area contributed by atoms with Gasteiger partial charge in [0.2, 0.25) is 0 Å². The first kappa shape index (κ1) is 9.51. The molecule has 0 radical (unpaired) electrons. The van der Waals surface area contributed by atoms with Gasteiger partial charge in [0.05, 0.1) is 6.04 Å². The molecule has 3 N–H and O–H groups in total. The summed E-state index contributed by atoms with van der Waals surface area (Å²) in [6.45, 7) is 0. The van der Waals surface area contributed by atoms with Crippen LogP contribution in [0.2, 0.25) is 0 Å². The summed E-state index contributed by atoms with van der Waals surface area (Å²) in [5.41, 5.74) is 3.32. The van der Waals surface area contributed by atoms with Crippen LogP contribution in [0.15, 0.2) is 29.4 Å². The fourth-order valence-corrected chi connectivity index (χ4v) is 1.41. The van der Waals surface area contributed by atoms with E-state index in [1.807, 2.05) is 12.1 Å². The quantitative estimate of drug-likeness (QED) is 0.661. The number of hydrazone groups is 1. The van der Waals surface area contributed by atoms with Gasteiger partial charge in [0.15, 0.2) is 0 Å². The van der Waals surface area contributed by atoms with Crippen molar-refractivity contribution in [2.45, 2.75) is 12.5 Å². The van der Waals surface area contributed by atoms with Gasteiger partial charge in [-0.05, 0) is 24.1 Å². The molecular weight excluding hydrogens is 194 g/mol. The van der Waals surface area contributed by atoms with E-state index in [0.29, 0.717) is 6.42 Å². The van der Waals surface area contributed by atoms with Crippen molar-refractivity contribution < 1.29 is 9.90 Å². The summed E-state index contributed by atoms with van der Waals surface area (Å²) in [6, 6.07) is 6.49. The molecule has 1 unspecified atom stereocenters. The number of amides is 2. The normalized spacial score (nSPS) is 19.5. The van der Waals surface area contributed by atoms with Gasteiger partial charge < -0.3 is 10.4 Å². The van der Waals surface area contributed by atoms with E-state index < -0.39 is 0 Å². The maximum Gasteiger partial charge on any atom is 0.335 e. The van der Waals surface area contributed by atoms with Gasteiger partial charge in [-0.15, -0.1) is 0 Å². The van der Waals surface area contributed by atoms with Crippen LogP contribution in [0.4, 0.5) is 4.79 Å². The summed E-state index contributed by atoms with van der Waals surface area (Å²) in [4.78, 5) is 10.9. The molecule has 0 saturated heterocycles. The van der Waals surface area contributed by atoms with Gasteiger partial charge in [-0.2, -0.15) is 5.10 Å². The third-order valence-electron chi connectivity index (χ3n) is 2.13. The van der Waals surface area contributed by atoms with Gasteiger partial charge in [-0.3, -0.25) is 0 Å². The Kier molecular flexibility index (Phi) is 2.53. The fraction of sp³-hybridized carbons (Fsp3) is 0.200. The largest absolute Gasteiger partial charge is 0.508 e. The molecule has 78 valence electrons. The molecule has 0 fully saturated rings. The number of phenolic OH excluding ortho intramolecular Hbond substituents is 1. The van der Waals surface area contributed by atoms with Crippen LogP contribution in [0.3, 0.4) is 0 Å². The Morgan fingerprint density at radius 2 is 2.07 bits per heavy atom. The molecule has 1 aliphatic rings. The van der Waals surface area contributed by atoms with E-state index >= 15 is 0 Å². The number of benzene rings is 1. The zero-order valence-corrected chi connectivity index (χ0v) is 7.97. The Balaban J connectivity index is 2.02. The number of rotatable bonds is 2. The van der Waals surface area contributed by atoms with E-state index in [1.54, 1.807) is 18.3 Å². The first-order valence-electron chi connectivity index (χ1n) is 4.61. The van der Waals surface area contributed by atoms with E-state index in [1.165, 1.54) is 0 Å². The Labute approximate surface area is 86.8 Å². The first-order valence-corrected chi connectivity index (χ1v) is 4.61. The van der Waals surface area contributed by atoms with Crippen LogP contribution in [-0.2, 0) is 6.42 Å². The van der Waals surface area contributed by atoms with Gasteiger partial charge in [0, 0.05) is 6.21 Å². The number of aromatic hydroxyl groups is 1. The molecule has 2 amide bonds. The number of phenols is 1. The SMILES string of the molecule is O=C1NN=CC(Cc2ccc(O)cc2)N1. The lowest BCUT2D eigenvalue weighted by Gasteiger charge is -2.17. The molecule has 2 rings (SSSR count). The minimum Gasteiger partial charge on any atom is -0.508 e. The maximum atomic E-state index is 10.9. The number of nitrogens with zero attached hydrogens (tertiary/aromatic N) is 1. The number of carbonyl (C=O) groups is 1. The molecular formula is C10H11N3O2. The number of carbonyl (C=O) groups excluding carboxylic acids is 1. The van der Waals surface area contributed by atoms with Gasteiger partial charge in [-0.1, -0.05) is 12.1 Å². The average Bonchev–Trinajstić information content (AvgIpc) is 2.22. The van der Waals surface area contributed by atoms with Crippen molar-refractivity contribution in [2.75, 3.05) is 0 Å². The van der Waals surface area contributed by atoms with Crippen LogP contribution in [0.5, 0.6) is 5.75 Å². The van der Waals surface area contributed by atoms with E-state index in [0.717, 1.165) is 5.56 Å². The molecule has 15 heavy (non-hydrogen) atoms. The highest BCUT2D eigenvalue weighted by molar-refractivity contribution is 5.83. The highest BCUT2D eigenvalue weighted by Crippen LogP contribution is 2.11. The molecule has 1 atom stereocenters. The summed E-state index contributed by atoms with van der Waals surface area (Å²) in [6.07, 6.45) is 2.31. The number of hydrogen-bond donors (Lipinski definition) is 3. The highest BCUT2D eigenvalue weighted by atomic mass is 16.3. The molecule has 1 aromatic carbocycles. The Morgan fingerprint density at radius 1 is 1.33 bits per heavy atom. The second-order valence-electron chi connectivity index (χ2n) is 3.34. The van der Waals surface area contributed by atoms with Gasteiger partial charge >= 0.3 is 6.03 Å². The lowest BCUT2D eigenvalue weighted by atomic mass is 10.1.